The van der Waals surface area contributed by atoms with E-state index in [4.69, 9.17) is 0 Å². The molecule has 0 radical (unpaired) electrons. The predicted molar refractivity (Wildman–Crippen MR) is 104 cm³/mol. The molecule has 2 atom stereocenters. The quantitative estimate of drug-likeness (QED) is 0.556. The van der Waals surface area contributed by atoms with E-state index in [0.29, 0.717) is 6.04 Å². The summed E-state index contributed by atoms with van der Waals surface area (Å²) in [5, 5.41) is 17.8. The molecule has 0 bridgehead atoms. The van der Waals surface area contributed by atoms with Gasteiger partial charge in [-0.3, -0.25) is 4.90 Å². The number of fused-ring (bicyclic) bond motifs is 2. The largest absolute Gasteiger partial charge is 0.257 e. The summed E-state index contributed by atoms with van der Waals surface area (Å²) in [5.41, 5.74) is 4.04. The summed E-state index contributed by atoms with van der Waals surface area (Å²) in [5.74, 6) is 0. The molecule has 7 heteroatoms. The maximum atomic E-state index is 4.51. The lowest BCUT2D eigenvalue weighted by Crippen LogP contribution is -2.46. The summed E-state index contributed by atoms with van der Waals surface area (Å²) in [6, 6.07) is 16.7. The molecule has 1 fully saturated rings. The fraction of sp³-hybridized carbons (Fsp3) is 0.400. The van der Waals surface area contributed by atoms with E-state index in [1.807, 2.05) is 36.4 Å². The van der Waals surface area contributed by atoms with E-state index in [2.05, 4.69) is 60.9 Å². The maximum Gasteiger partial charge on any atom is 0.113 e. The number of likely N-dealkylation sites (tertiary alicyclic amines) is 1. The molecule has 138 valence electrons. The molecule has 27 heavy (non-hydrogen) atoms. The van der Waals surface area contributed by atoms with Gasteiger partial charge in [0.1, 0.15) is 23.4 Å². The molecular formula is C20H23N7. The fourth-order valence-corrected chi connectivity index (χ4v) is 4.38. The minimum Gasteiger partial charge on any atom is -0.257 e. The summed E-state index contributed by atoms with van der Waals surface area (Å²) >= 11 is 0. The number of hydrogen-bond donors (Lipinski definition) is 0. The van der Waals surface area contributed by atoms with Crippen LogP contribution in [0.15, 0.2) is 48.5 Å². The average molecular weight is 361 g/mol. The van der Waals surface area contributed by atoms with Crippen LogP contribution in [0.3, 0.4) is 0 Å². The first-order chi connectivity index (χ1) is 13.2. The Morgan fingerprint density at radius 2 is 1.26 bits per heavy atom. The summed E-state index contributed by atoms with van der Waals surface area (Å²) < 4.78 is 4.17. The highest BCUT2D eigenvalue weighted by atomic mass is 15.6. The lowest BCUT2D eigenvalue weighted by atomic mass is 10.0. The van der Waals surface area contributed by atoms with Crippen molar-refractivity contribution in [3.05, 3.63) is 48.5 Å². The molecule has 1 aliphatic rings. The first kappa shape index (κ1) is 16.4. The minimum atomic E-state index is 0.152. The summed E-state index contributed by atoms with van der Waals surface area (Å²) in [7, 11) is 0. The van der Waals surface area contributed by atoms with Crippen LogP contribution < -0.4 is 0 Å². The van der Waals surface area contributed by atoms with Crippen LogP contribution in [0.4, 0.5) is 0 Å². The van der Waals surface area contributed by atoms with E-state index < -0.39 is 0 Å². The van der Waals surface area contributed by atoms with Gasteiger partial charge in [0, 0.05) is 6.04 Å². The monoisotopic (exact) mass is 361 g/mol. The molecule has 0 N–H and O–H groups in total. The lowest BCUT2D eigenvalue weighted by Gasteiger charge is -2.44. The molecule has 3 heterocycles. The SMILES string of the molecule is CC(C)N1C(n2nnc3ccccc32)CCCC1n1nnc2ccccc21. The second kappa shape index (κ2) is 6.42. The zero-order valence-corrected chi connectivity index (χ0v) is 15.6. The Morgan fingerprint density at radius 3 is 1.74 bits per heavy atom. The number of aromatic nitrogens is 6. The first-order valence-corrected chi connectivity index (χ1v) is 9.61. The van der Waals surface area contributed by atoms with Gasteiger partial charge >= 0.3 is 0 Å². The van der Waals surface area contributed by atoms with Crippen LogP contribution in [-0.4, -0.2) is 40.9 Å². The number of para-hydroxylation sites is 2. The standard InChI is InChI=1S/C20H23N7/c1-14(2)25-19(26-17-10-5-3-8-15(17)21-23-26)12-7-13-20(25)27-18-11-6-4-9-16(18)22-24-27/h3-6,8-11,14,19-20H,7,12-13H2,1-2H3. The summed E-state index contributed by atoms with van der Waals surface area (Å²) in [4.78, 5) is 2.51. The van der Waals surface area contributed by atoms with Gasteiger partial charge in [-0.15, -0.1) is 10.2 Å². The third kappa shape index (κ3) is 2.61. The molecule has 2 aromatic heterocycles. The first-order valence-electron chi connectivity index (χ1n) is 9.61. The molecule has 7 nitrogen and oxygen atoms in total. The topological polar surface area (TPSA) is 64.7 Å². The normalized spacial score (nSPS) is 21.4. The van der Waals surface area contributed by atoms with Crippen molar-refractivity contribution in [2.24, 2.45) is 0 Å². The van der Waals surface area contributed by atoms with Gasteiger partial charge in [0.15, 0.2) is 0 Å². The molecule has 0 amide bonds. The molecule has 2 aromatic carbocycles. The van der Waals surface area contributed by atoms with Gasteiger partial charge in [-0.25, -0.2) is 9.36 Å². The predicted octanol–water partition coefficient (Wildman–Crippen LogP) is 3.77. The fourth-order valence-electron chi connectivity index (χ4n) is 4.38. The van der Waals surface area contributed by atoms with Crippen LogP contribution in [0.2, 0.25) is 0 Å². The van der Waals surface area contributed by atoms with Crippen molar-refractivity contribution in [1.29, 1.82) is 0 Å². The molecule has 0 saturated carbocycles. The van der Waals surface area contributed by atoms with Crippen LogP contribution >= 0.6 is 0 Å². The van der Waals surface area contributed by atoms with Crippen molar-refractivity contribution < 1.29 is 0 Å². The van der Waals surface area contributed by atoms with Crippen molar-refractivity contribution in [2.75, 3.05) is 0 Å². The van der Waals surface area contributed by atoms with Gasteiger partial charge in [0.05, 0.1) is 11.0 Å². The van der Waals surface area contributed by atoms with E-state index in [1.54, 1.807) is 0 Å². The second-order valence-corrected chi connectivity index (χ2v) is 7.48. The molecule has 1 saturated heterocycles. The third-order valence-electron chi connectivity index (χ3n) is 5.53. The zero-order chi connectivity index (χ0) is 18.4. The van der Waals surface area contributed by atoms with Gasteiger partial charge in [0.25, 0.3) is 0 Å². The van der Waals surface area contributed by atoms with E-state index in [9.17, 15) is 0 Å². The van der Waals surface area contributed by atoms with Crippen LogP contribution in [0, 0.1) is 0 Å². The molecule has 0 aliphatic carbocycles. The summed E-state index contributed by atoms with van der Waals surface area (Å²) in [6.07, 6.45) is 3.52. The maximum absolute atomic E-state index is 4.51. The number of rotatable bonds is 3. The van der Waals surface area contributed by atoms with Crippen molar-refractivity contribution in [3.63, 3.8) is 0 Å². The van der Waals surface area contributed by atoms with Gasteiger partial charge in [-0.05, 0) is 57.4 Å². The minimum absolute atomic E-state index is 0.152. The smallest absolute Gasteiger partial charge is 0.113 e. The number of hydrogen-bond acceptors (Lipinski definition) is 5. The zero-order valence-electron chi connectivity index (χ0n) is 15.6. The van der Waals surface area contributed by atoms with Crippen molar-refractivity contribution in [1.82, 2.24) is 34.9 Å². The number of piperidine rings is 1. The molecule has 2 unspecified atom stereocenters. The van der Waals surface area contributed by atoms with Gasteiger partial charge in [-0.2, -0.15) is 0 Å². The highest BCUT2D eigenvalue weighted by molar-refractivity contribution is 5.74. The van der Waals surface area contributed by atoms with Gasteiger partial charge in [0.2, 0.25) is 0 Å². The molecular weight excluding hydrogens is 338 g/mol. The van der Waals surface area contributed by atoms with E-state index in [0.717, 1.165) is 41.3 Å². The van der Waals surface area contributed by atoms with Gasteiger partial charge in [-0.1, -0.05) is 34.7 Å². The molecule has 4 aromatic rings. The van der Waals surface area contributed by atoms with E-state index >= 15 is 0 Å². The Hall–Kier alpha value is -2.80. The molecule has 1 aliphatic heterocycles. The average Bonchev–Trinajstić information content (AvgIpc) is 3.31. The summed E-state index contributed by atoms with van der Waals surface area (Å²) in [6.45, 7) is 4.48. The molecule has 0 spiro atoms. The van der Waals surface area contributed by atoms with Crippen LogP contribution in [-0.2, 0) is 0 Å². The van der Waals surface area contributed by atoms with Crippen LogP contribution in [0.25, 0.3) is 22.1 Å². The third-order valence-corrected chi connectivity index (χ3v) is 5.53. The van der Waals surface area contributed by atoms with Crippen molar-refractivity contribution in [3.8, 4) is 0 Å². The van der Waals surface area contributed by atoms with Gasteiger partial charge < -0.3 is 0 Å². The van der Waals surface area contributed by atoms with Crippen molar-refractivity contribution in [2.45, 2.75) is 51.5 Å². The highest BCUT2D eigenvalue weighted by Crippen LogP contribution is 2.39. The second-order valence-electron chi connectivity index (χ2n) is 7.48. The van der Waals surface area contributed by atoms with E-state index in [-0.39, 0.29) is 12.3 Å². The Balaban J connectivity index is 1.61. The Morgan fingerprint density at radius 1 is 0.778 bits per heavy atom. The Kier molecular flexibility index (Phi) is 3.89. The van der Waals surface area contributed by atoms with Crippen molar-refractivity contribution >= 4 is 22.1 Å². The molecule has 5 rings (SSSR count). The van der Waals surface area contributed by atoms with E-state index in [1.165, 1.54) is 0 Å². The van der Waals surface area contributed by atoms with Crippen LogP contribution in [0.1, 0.15) is 45.4 Å². The lowest BCUT2D eigenvalue weighted by molar-refractivity contribution is -0.0314. The van der Waals surface area contributed by atoms with Crippen LogP contribution in [0.5, 0.6) is 0 Å². The Labute approximate surface area is 157 Å². The highest BCUT2D eigenvalue weighted by Gasteiger charge is 2.37. The number of nitrogens with zero attached hydrogens (tertiary/aromatic N) is 7. The Bertz CT molecular complexity index is 998. The number of benzene rings is 2.